The predicted octanol–water partition coefficient (Wildman–Crippen LogP) is 2.43. The lowest BCUT2D eigenvalue weighted by atomic mass is 9.53. The Balaban J connectivity index is 1.25. The molecule has 136 valence electrons. The van der Waals surface area contributed by atoms with Crippen molar-refractivity contribution in [3.05, 3.63) is 5.82 Å². The van der Waals surface area contributed by atoms with E-state index in [2.05, 4.69) is 15.5 Å². The first-order valence-corrected chi connectivity index (χ1v) is 10.6. The molecule has 5 saturated carbocycles. The van der Waals surface area contributed by atoms with Gasteiger partial charge in [0.05, 0.1) is 5.25 Å². The Bertz CT molecular complexity index is 662. The van der Waals surface area contributed by atoms with Crippen molar-refractivity contribution in [1.82, 2.24) is 20.2 Å². The number of hydrogen-bond donors (Lipinski definition) is 2. The molecule has 5 fully saturated rings. The van der Waals surface area contributed by atoms with Gasteiger partial charge in [0.1, 0.15) is 0 Å². The first kappa shape index (κ1) is 16.0. The van der Waals surface area contributed by atoms with Crippen LogP contribution < -0.4 is 11.2 Å². The van der Waals surface area contributed by atoms with Crippen molar-refractivity contribution in [2.45, 2.75) is 80.2 Å². The third-order valence-corrected chi connectivity index (χ3v) is 7.77. The van der Waals surface area contributed by atoms with Crippen molar-refractivity contribution in [3.8, 4) is 0 Å². The fraction of sp³-hybridized carbons (Fsp3) is 0.833. The Morgan fingerprint density at radius 2 is 1.80 bits per heavy atom. The molecule has 3 N–H and O–H groups in total. The number of aromatic nitrogens is 3. The van der Waals surface area contributed by atoms with Gasteiger partial charge >= 0.3 is 0 Å². The van der Waals surface area contributed by atoms with Gasteiger partial charge in [-0.25, -0.2) is 4.68 Å². The number of nitrogen functional groups attached to an aromatic ring is 1. The largest absolute Gasteiger partial charge is 0.350 e. The van der Waals surface area contributed by atoms with Gasteiger partial charge in [-0.2, -0.15) is 0 Å². The Hall–Kier alpha value is -1.24. The summed E-state index contributed by atoms with van der Waals surface area (Å²) in [4.78, 5) is 12.9. The highest BCUT2D eigenvalue weighted by Crippen LogP contribution is 2.55. The smallest absolute Gasteiger partial charge is 0.233 e. The second-order valence-electron chi connectivity index (χ2n) is 8.93. The van der Waals surface area contributed by atoms with Crippen LogP contribution in [0.15, 0.2) is 5.16 Å². The van der Waals surface area contributed by atoms with E-state index < -0.39 is 0 Å². The molecule has 1 aromatic heterocycles. The molecular formula is C18H27N5OS. The SMILES string of the molecule is C[C@H](Sc1nnc(C2CC2)n1N)C(=O)NC12CC3CC(CC(C3)C1)C2. The van der Waals surface area contributed by atoms with E-state index in [1.165, 1.54) is 50.3 Å². The number of carbonyl (C=O) groups excluding carboxylic acids is 1. The molecule has 0 saturated heterocycles. The standard InChI is InChI=1S/C18H27N5OS/c1-10(25-17-22-21-15(23(17)19)14-2-3-14)16(24)20-18-7-11-4-12(8-18)6-13(5-11)9-18/h10-14H,2-9,19H2,1H3,(H,20,24)/t10-,11?,12?,13?,18?/m0/s1. The maximum absolute atomic E-state index is 12.9. The van der Waals surface area contributed by atoms with Crippen LogP contribution in [-0.4, -0.2) is 31.6 Å². The summed E-state index contributed by atoms with van der Waals surface area (Å²) in [6.45, 7) is 1.95. The number of nitrogens with two attached hydrogens (primary N) is 1. The molecule has 6 nitrogen and oxygen atoms in total. The number of carbonyl (C=O) groups is 1. The summed E-state index contributed by atoms with van der Waals surface area (Å²) in [5, 5.41) is 12.3. The van der Waals surface area contributed by atoms with Crippen molar-refractivity contribution in [3.63, 3.8) is 0 Å². The van der Waals surface area contributed by atoms with Crippen LogP contribution >= 0.6 is 11.8 Å². The molecule has 1 amide bonds. The second kappa shape index (κ2) is 5.63. The van der Waals surface area contributed by atoms with Crippen molar-refractivity contribution in [1.29, 1.82) is 0 Å². The van der Waals surface area contributed by atoms with Gasteiger partial charge in [0.2, 0.25) is 11.1 Å². The van der Waals surface area contributed by atoms with Gasteiger partial charge in [0, 0.05) is 11.5 Å². The van der Waals surface area contributed by atoms with Crippen LogP contribution in [0.2, 0.25) is 0 Å². The van der Waals surface area contributed by atoms with Crippen LogP contribution in [0.1, 0.15) is 70.0 Å². The molecule has 0 aromatic carbocycles. The minimum absolute atomic E-state index is 0.0657. The molecule has 1 heterocycles. The zero-order valence-electron chi connectivity index (χ0n) is 14.8. The molecule has 6 rings (SSSR count). The van der Waals surface area contributed by atoms with Gasteiger partial charge in [-0.3, -0.25) is 4.79 Å². The van der Waals surface area contributed by atoms with Gasteiger partial charge < -0.3 is 11.2 Å². The molecule has 0 spiro atoms. The van der Waals surface area contributed by atoms with E-state index in [0.717, 1.165) is 36.4 Å². The van der Waals surface area contributed by atoms with Gasteiger partial charge in [0.25, 0.3) is 0 Å². The van der Waals surface area contributed by atoms with E-state index in [9.17, 15) is 4.79 Å². The van der Waals surface area contributed by atoms with E-state index in [-0.39, 0.29) is 16.7 Å². The number of nitrogens with one attached hydrogen (secondary N) is 1. The third-order valence-electron chi connectivity index (χ3n) is 6.71. The topological polar surface area (TPSA) is 85.8 Å². The van der Waals surface area contributed by atoms with E-state index in [1.54, 1.807) is 4.68 Å². The average molecular weight is 362 g/mol. The van der Waals surface area contributed by atoms with Crippen molar-refractivity contribution in [2.24, 2.45) is 17.8 Å². The van der Waals surface area contributed by atoms with Crippen LogP contribution in [0.25, 0.3) is 0 Å². The van der Waals surface area contributed by atoms with Crippen molar-refractivity contribution in [2.75, 3.05) is 5.84 Å². The number of amides is 1. The van der Waals surface area contributed by atoms with E-state index >= 15 is 0 Å². The molecule has 1 aromatic rings. The maximum atomic E-state index is 12.9. The summed E-state index contributed by atoms with van der Waals surface area (Å²) in [6.07, 6.45) is 9.99. The Labute approximate surface area is 152 Å². The highest BCUT2D eigenvalue weighted by Gasteiger charge is 2.51. The highest BCUT2D eigenvalue weighted by atomic mass is 32.2. The monoisotopic (exact) mass is 361 g/mol. The van der Waals surface area contributed by atoms with Gasteiger partial charge in [-0.1, -0.05) is 11.8 Å². The number of nitrogens with zero attached hydrogens (tertiary/aromatic N) is 3. The van der Waals surface area contributed by atoms with Gasteiger partial charge in [0.15, 0.2) is 5.82 Å². The van der Waals surface area contributed by atoms with E-state index in [1.807, 2.05) is 6.92 Å². The molecule has 5 aliphatic rings. The Morgan fingerprint density at radius 1 is 1.20 bits per heavy atom. The second-order valence-corrected chi connectivity index (χ2v) is 10.2. The van der Waals surface area contributed by atoms with Gasteiger partial charge in [-0.05, 0) is 76.0 Å². The van der Waals surface area contributed by atoms with Crippen LogP contribution in [-0.2, 0) is 4.79 Å². The van der Waals surface area contributed by atoms with Gasteiger partial charge in [-0.15, -0.1) is 10.2 Å². The lowest BCUT2D eigenvalue weighted by Crippen LogP contribution is -2.60. The summed E-state index contributed by atoms with van der Waals surface area (Å²) in [7, 11) is 0. The zero-order chi connectivity index (χ0) is 17.2. The van der Waals surface area contributed by atoms with E-state index in [0.29, 0.717) is 11.1 Å². The predicted molar refractivity (Wildman–Crippen MR) is 96.5 cm³/mol. The van der Waals surface area contributed by atoms with Crippen LogP contribution in [0.5, 0.6) is 0 Å². The molecule has 0 unspecified atom stereocenters. The van der Waals surface area contributed by atoms with Crippen molar-refractivity contribution < 1.29 is 4.79 Å². The summed E-state index contributed by atoms with van der Waals surface area (Å²) >= 11 is 1.43. The fourth-order valence-corrected chi connectivity index (χ4v) is 6.60. The molecule has 0 aliphatic heterocycles. The van der Waals surface area contributed by atoms with Crippen LogP contribution in [0.4, 0.5) is 0 Å². The molecule has 7 heteroatoms. The van der Waals surface area contributed by atoms with Crippen LogP contribution in [0, 0.1) is 17.8 Å². The number of hydrogen-bond acceptors (Lipinski definition) is 5. The normalized spacial score (nSPS) is 37.2. The lowest BCUT2D eigenvalue weighted by molar-refractivity contribution is -0.126. The average Bonchev–Trinajstić information content (AvgIpc) is 3.31. The molecular weight excluding hydrogens is 334 g/mol. The fourth-order valence-electron chi connectivity index (χ4n) is 5.83. The summed E-state index contributed by atoms with van der Waals surface area (Å²) in [5.74, 6) is 10.1. The summed E-state index contributed by atoms with van der Waals surface area (Å²) < 4.78 is 1.58. The van der Waals surface area contributed by atoms with Crippen LogP contribution in [0.3, 0.4) is 0 Å². The molecule has 4 bridgehead atoms. The first-order valence-electron chi connectivity index (χ1n) is 9.70. The van der Waals surface area contributed by atoms with Crippen molar-refractivity contribution >= 4 is 17.7 Å². The maximum Gasteiger partial charge on any atom is 0.233 e. The molecule has 5 aliphatic carbocycles. The summed E-state index contributed by atoms with van der Waals surface area (Å²) in [5.41, 5.74) is 0.0657. The summed E-state index contributed by atoms with van der Waals surface area (Å²) in [6, 6.07) is 0. The number of rotatable bonds is 5. The minimum Gasteiger partial charge on any atom is -0.350 e. The first-order chi connectivity index (χ1) is 12.0. The lowest BCUT2D eigenvalue weighted by Gasteiger charge is -2.57. The zero-order valence-corrected chi connectivity index (χ0v) is 15.6. The molecule has 25 heavy (non-hydrogen) atoms. The Kier molecular flexibility index (Phi) is 3.60. The van der Waals surface area contributed by atoms with E-state index in [4.69, 9.17) is 5.84 Å². The highest BCUT2D eigenvalue weighted by molar-refractivity contribution is 8.00. The third kappa shape index (κ3) is 2.84. The minimum atomic E-state index is -0.202. The quantitative estimate of drug-likeness (QED) is 0.621. The number of thioether (sulfide) groups is 1. The Morgan fingerprint density at radius 3 is 2.36 bits per heavy atom. The molecule has 1 atom stereocenters. The molecule has 0 radical (unpaired) electrons.